The van der Waals surface area contributed by atoms with Gasteiger partial charge in [-0.2, -0.15) is 0 Å². The van der Waals surface area contributed by atoms with Crippen molar-refractivity contribution < 1.29 is 19.4 Å². The third-order valence-electron chi connectivity index (χ3n) is 1.97. The fourth-order valence-corrected chi connectivity index (χ4v) is 1.22. The first-order valence-electron chi connectivity index (χ1n) is 5.06. The maximum atomic E-state index is 11.1. The van der Waals surface area contributed by atoms with Crippen molar-refractivity contribution in [1.29, 1.82) is 0 Å². The fourth-order valence-electron chi connectivity index (χ4n) is 1.22. The van der Waals surface area contributed by atoms with E-state index in [4.69, 9.17) is 14.6 Å². The zero-order valence-electron chi connectivity index (χ0n) is 9.60. The molecule has 0 bridgehead atoms. The van der Waals surface area contributed by atoms with Crippen LogP contribution >= 0.6 is 0 Å². The topological polar surface area (TPSA) is 67.8 Å². The highest BCUT2D eigenvalue weighted by molar-refractivity contribution is 5.99. The van der Waals surface area contributed by atoms with E-state index in [0.29, 0.717) is 17.2 Å². The Balaban J connectivity index is 2.87. The molecule has 0 fully saturated rings. The molecule has 0 saturated carbocycles. The quantitative estimate of drug-likeness (QED) is 0.729. The van der Waals surface area contributed by atoms with Crippen LogP contribution in [0.15, 0.2) is 30.9 Å². The summed E-state index contributed by atoms with van der Waals surface area (Å²) in [6.07, 6.45) is 1.18. The van der Waals surface area contributed by atoms with Gasteiger partial charge < -0.3 is 19.9 Å². The van der Waals surface area contributed by atoms with Crippen LogP contribution in [0.3, 0.4) is 0 Å². The van der Waals surface area contributed by atoms with Crippen LogP contribution in [0.1, 0.15) is 0 Å². The average Bonchev–Trinajstić information content (AvgIpc) is 2.36. The van der Waals surface area contributed by atoms with Crippen molar-refractivity contribution in [2.45, 2.75) is 0 Å². The molecule has 17 heavy (non-hydrogen) atoms. The zero-order valence-corrected chi connectivity index (χ0v) is 9.60. The molecule has 1 amide bonds. The van der Waals surface area contributed by atoms with Crippen LogP contribution in [0, 0.1) is 0 Å². The van der Waals surface area contributed by atoms with E-state index in [-0.39, 0.29) is 19.1 Å². The standard InChI is InChI=1S/C12H15NO4/c1-3-12(15)13-9-4-5-10(16-2)11(8-9)17-7-6-14/h3-5,8,14H,1,6-7H2,2H3,(H,13,15). The maximum absolute atomic E-state index is 11.1. The van der Waals surface area contributed by atoms with Crippen molar-refractivity contribution in [3.05, 3.63) is 30.9 Å². The van der Waals surface area contributed by atoms with Gasteiger partial charge in [0.1, 0.15) is 6.61 Å². The lowest BCUT2D eigenvalue weighted by molar-refractivity contribution is -0.111. The average molecular weight is 237 g/mol. The SMILES string of the molecule is C=CC(=O)Nc1ccc(OC)c(OCCO)c1. The molecule has 0 aliphatic rings. The number of aliphatic hydroxyl groups excluding tert-OH is 1. The summed E-state index contributed by atoms with van der Waals surface area (Å²) in [5.74, 6) is 0.696. The van der Waals surface area contributed by atoms with Gasteiger partial charge in [0, 0.05) is 11.8 Å². The third kappa shape index (κ3) is 3.81. The molecule has 0 aromatic heterocycles. The maximum Gasteiger partial charge on any atom is 0.247 e. The molecule has 0 atom stereocenters. The predicted molar refractivity (Wildman–Crippen MR) is 64.4 cm³/mol. The van der Waals surface area contributed by atoms with E-state index in [9.17, 15) is 4.79 Å². The highest BCUT2D eigenvalue weighted by Gasteiger charge is 2.06. The number of rotatable bonds is 6. The number of carbonyl (C=O) groups excluding carboxylic acids is 1. The number of hydrogen-bond acceptors (Lipinski definition) is 4. The highest BCUT2D eigenvalue weighted by Crippen LogP contribution is 2.30. The number of ether oxygens (including phenoxy) is 2. The van der Waals surface area contributed by atoms with E-state index in [0.717, 1.165) is 0 Å². The van der Waals surface area contributed by atoms with Gasteiger partial charge in [-0.25, -0.2) is 0 Å². The normalized spacial score (nSPS) is 9.53. The van der Waals surface area contributed by atoms with Gasteiger partial charge in [0.2, 0.25) is 5.91 Å². The minimum atomic E-state index is -0.303. The van der Waals surface area contributed by atoms with E-state index >= 15 is 0 Å². The van der Waals surface area contributed by atoms with E-state index < -0.39 is 0 Å². The molecule has 92 valence electrons. The number of nitrogens with one attached hydrogen (secondary N) is 1. The van der Waals surface area contributed by atoms with Crippen molar-refractivity contribution in [2.24, 2.45) is 0 Å². The summed E-state index contributed by atoms with van der Waals surface area (Å²) in [6, 6.07) is 4.98. The zero-order chi connectivity index (χ0) is 12.7. The van der Waals surface area contributed by atoms with E-state index in [1.54, 1.807) is 18.2 Å². The molecule has 5 heteroatoms. The predicted octanol–water partition coefficient (Wildman–Crippen LogP) is 1.19. The van der Waals surface area contributed by atoms with Crippen molar-refractivity contribution in [1.82, 2.24) is 0 Å². The monoisotopic (exact) mass is 237 g/mol. The molecule has 5 nitrogen and oxygen atoms in total. The fraction of sp³-hybridized carbons (Fsp3) is 0.250. The Hall–Kier alpha value is -2.01. The molecule has 0 spiro atoms. The van der Waals surface area contributed by atoms with Crippen LogP contribution in [0.4, 0.5) is 5.69 Å². The molecule has 0 saturated heterocycles. The number of aliphatic hydroxyl groups is 1. The van der Waals surface area contributed by atoms with Crippen LogP contribution in [-0.2, 0) is 4.79 Å². The van der Waals surface area contributed by atoms with Gasteiger partial charge in [0.25, 0.3) is 0 Å². The summed E-state index contributed by atoms with van der Waals surface area (Å²) in [4.78, 5) is 11.1. The first-order valence-corrected chi connectivity index (χ1v) is 5.06. The summed E-state index contributed by atoms with van der Waals surface area (Å²) in [5, 5.41) is 11.3. The number of anilines is 1. The van der Waals surface area contributed by atoms with Gasteiger partial charge in [-0.3, -0.25) is 4.79 Å². The van der Waals surface area contributed by atoms with E-state index in [1.807, 2.05) is 0 Å². The Morgan fingerprint density at radius 2 is 2.29 bits per heavy atom. The van der Waals surface area contributed by atoms with Crippen LogP contribution < -0.4 is 14.8 Å². The molecule has 2 N–H and O–H groups in total. The second-order valence-corrected chi connectivity index (χ2v) is 3.13. The first-order chi connectivity index (χ1) is 8.21. The summed E-state index contributed by atoms with van der Waals surface area (Å²) in [6.45, 7) is 3.43. The van der Waals surface area contributed by atoms with Crippen LogP contribution in [0.25, 0.3) is 0 Å². The Morgan fingerprint density at radius 3 is 2.88 bits per heavy atom. The molecule has 1 rings (SSSR count). The molecule has 0 aliphatic heterocycles. The largest absolute Gasteiger partial charge is 0.493 e. The number of hydrogen-bond donors (Lipinski definition) is 2. The second-order valence-electron chi connectivity index (χ2n) is 3.13. The number of carbonyl (C=O) groups is 1. The summed E-state index contributed by atoms with van der Waals surface area (Å²) in [5.41, 5.74) is 0.573. The van der Waals surface area contributed by atoms with Crippen LogP contribution in [0.5, 0.6) is 11.5 Å². The Morgan fingerprint density at radius 1 is 1.53 bits per heavy atom. The Labute approximate surface area is 99.7 Å². The van der Waals surface area contributed by atoms with Gasteiger partial charge >= 0.3 is 0 Å². The third-order valence-corrected chi connectivity index (χ3v) is 1.97. The van der Waals surface area contributed by atoms with Crippen molar-refractivity contribution in [3.63, 3.8) is 0 Å². The number of methoxy groups -OCH3 is 1. The second kappa shape index (κ2) is 6.55. The minimum Gasteiger partial charge on any atom is -0.493 e. The van der Waals surface area contributed by atoms with Crippen LogP contribution in [0.2, 0.25) is 0 Å². The Bertz CT molecular complexity index is 403. The highest BCUT2D eigenvalue weighted by atomic mass is 16.5. The van der Waals surface area contributed by atoms with Gasteiger partial charge in [-0.15, -0.1) is 0 Å². The van der Waals surface area contributed by atoms with Crippen LogP contribution in [-0.4, -0.2) is 31.3 Å². The molecule has 0 radical (unpaired) electrons. The number of amides is 1. The van der Waals surface area contributed by atoms with Gasteiger partial charge in [0.15, 0.2) is 11.5 Å². The van der Waals surface area contributed by atoms with Gasteiger partial charge in [-0.05, 0) is 18.2 Å². The lowest BCUT2D eigenvalue weighted by atomic mass is 10.2. The van der Waals surface area contributed by atoms with Crippen molar-refractivity contribution >= 4 is 11.6 Å². The summed E-state index contributed by atoms with van der Waals surface area (Å²) < 4.78 is 10.4. The molecule has 1 aromatic rings. The Kier molecular flexibility index (Phi) is 5.03. The summed E-state index contributed by atoms with van der Waals surface area (Å²) in [7, 11) is 1.52. The minimum absolute atomic E-state index is 0.0909. The molecule has 1 aromatic carbocycles. The van der Waals surface area contributed by atoms with Gasteiger partial charge in [-0.1, -0.05) is 6.58 Å². The molecule has 0 aliphatic carbocycles. The lowest BCUT2D eigenvalue weighted by Gasteiger charge is -2.11. The molecular weight excluding hydrogens is 222 g/mol. The molecule has 0 heterocycles. The van der Waals surface area contributed by atoms with Crippen molar-refractivity contribution in [2.75, 3.05) is 25.6 Å². The van der Waals surface area contributed by atoms with Crippen molar-refractivity contribution in [3.8, 4) is 11.5 Å². The van der Waals surface area contributed by atoms with E-state index in [1.165, 1.54) is 13.2 Å². The lowest BCUT2D eigenvalue weighted by Crippen LogP contribution is -2.08. The van der Waals surface area contributed by atoms with E-state index in [2.05, 4.69) is 11.9 Å². The first kappa shape index (κ1) is 13.1. The smallest absolute Gasteiger partial charge is 0.247 e. The number of benzene rings is 1. The van der Waals surface area contributed by atoms with Gasteiger partial charge in [0.05, 0.1) is 13.7 Å². The molecular formula is C12H15NO4. The summed E-state index contributed by atoms with van der Waals surface area (Å²) >= 11 is 0. The molecule has 0 unspecified atom stereocenters.